The summed E-state index contributed by atoms with van der Waals surface area (Å²) < 4.78 is 184. The summed E-state index contributed by atoms with van der Waals surface area (Å²) in [4.78, 5) is 0. The molecule has 0 aromatic rings. The molecule has 1 nitrogen and oxygen atoms in total. The van der Waals surface area contributed by atoms with Crippen molar-refractivity contribution in [3.05, 3.63) is 0 Å². The Balaban J connectivity index is 6.37. The average Bonchev–Trinajstić information content (AvgIpc) is 2.24. The number of hydrogen-bond acceptors (Lipinski definition) is 1. The first kappa shape index (κ1) is 21.9. The third-order valence-corrected chi connectivity index (χ3v) is 2.41. The van der Waals surface area contributed by atoms with E-state index in [-0.39, 0.29) is 0 Å². The molecule has 1 atom stereocenters. The lowest BCUT2D eigenvalue weighted by Crippen LogP contribution is -2.75. The third kappa shape index (κ3) is 2.67. The predicted octanol–water partition coefficient (Wildman–Crippen LogP) is 4.28. The smallest absolute Gasteiger partial charge is 0.286 e. The van der Waals surface area contributed by atoms with Crippen LogP contribution in [0.1, 0.15) is 0 Å². The molecule has 1 unspecified atom stereocenters. The van der Waals surface area contributed by atoms with E-state index in [1.54, 1.807) is 0 Å². The average molecular weight is 385 g/mol. The minimum atomic E-state index is -8.18. The summed E-state index contributed by atoms with van der Waals surface area (Å²) >= 11 is 0. The normalized spacial score (nSPS) is 18.8. The van der Waals surface area contributed by atoms with E-state index in [1.165, 1.54) is 0 Å². The molecular weight excluding hydrogens is 383 g/mol. The number of nitrogens with two attached hydrogens (primary N) is 1. The van der Waals surface area contributed by atoms with Crippen molar-refractivity contribution in [1.82, 2.24) is 0 Å². The van der Waals surface area contributed by atoms with E-state index in [9.17, 15) is 65.9 Å². The maximum Gasteiger partial charge on any atom is 0.460 e. The van der Waals surface area contributed by atoms with Gasteiger partial charge in [-0.25, -0.2) is 4.39 Å². The van der Waals surface area contributed by atoms with Crippen LogP contribution in [0.25, 0.3) is 0 Å². The standard InChI is InChI=1S/C7H2F15N/c8-1(9,2(10,11)4(14,15)6(17,18)19)3(12,13)5(16,23)7(20,21)22/h23H2. The first-order valence-electron chi connectivity index (χ1n) is 4.62. The van der Waals surface area contributed by atoms with E-state index in [2.05, 4.69) is 5.73 Å². The summed E-state index contributed by atoms with van der Waals surface area (Å²) in [6, 6.07) is 0. The zero-order valence-electron chi connectivity index (χ0n) is 9.75. The Hall–Kier alpha value is -1.09. The van der Waals surface area contributed by atoms with Crippen LogP contribution in [0.4, 0.5) is 65.9 Å². The molecule has 0 aromatic carbocycles. The highest BCUT2D eigenvalue weighted by Crippen LogP contribution is 2.60. The Labute approximate surface area is 115 Å². The van der Waals surface area contributed by atoms with Gasteiger partial charge in [-0.15, -0.1) is 0 Å². The highest BCUT2D eigenvalue weighted by Gasteiger charge is 2.92. The molecule has 0 fully saturated rings. The molecule has 140 valence electrons. The van der Waals surface area contributed by atoms with Crippen LogP contribution in [0.3, 0.4) is 0 Å². The van der Waals surface area contributed by atoms with Crippen LogP contribution in [0, 0.1) is 0 Å². The molecule has 0 rings (SSSR count). The van der Waals surface area contributed by atoms with Gasteiger partial charge in [0.15, 0.2) is 0 Å². The molecular formula is C7H2F15N. The summed E-state index contributed by atoms with van der Waals surface area (Å²) in [5.74, 6) is -39.2. The molecule has 0 saturated heterocycles. The van der Waals surface area contributed by atoms with Crippen molar-refractivity contribution in [2.75, 3.05) is 0 Å². The molecule has 0 bridgehead atoms. The summed E-state index contributed by atoms with van der Waals surface area (Å²) in [7, 11) is 0. The summed E-state index contributed by atoms with van der Waals surface area (Å²) in [6.45, 7) is 0. The van der Waals surface area contributed by atoms with E-state index in [0.717, 1.165) is 0 Å². The maximum atomic E-state index is 12.7. The highest BCUT2D eigenvalue weighted by atomic mass is 19.4. The van der Waals surface area contributed by atoms with E-state index in [0.29, 0.717) is 0 Å². The van der Waals surface area contributed by atoms with Crippen molar-refractivity contribution in [2.45, 2.75) is 41.8 Å². The van der Waals surface area contributed by atoms with Crippen LogP contribution in [-0.4, -0.2) is 41.8 Å². The fourth-order valence-electron chi connectivity index (χ4n) is 0.979. The predicted molar refractivity (Wildman–Crippen MR) is 39.9 cm³/mol. The van der Waals surface area contributed by atoms with Crippen molar-refractivity contribution in [1.29, 1.82) is 0 Å². The van der Waals surface area contributed by atoms with Gasteiger partial charge in [0.05, 0.1) is 0 Å². The van der Waals surface area contributed by atoms with Gasteiger partial charge in [0.1, 0.15) is 0 Å². The van der Waals surface area contributed by atoms with Crippen LogP contribution in [-0.2, 0) is 0 Å². The Morgan fingerprint density at radius 1 is 0.348 bits per heavy atom. The first-order valence-corrected chi connectivity index (χ1v) is 4.62. The number of alkyl halides is 15. The van der Waals surface area contributed by atoms with Gasteiger partial charge < -0.3 is 0 Å². The molecule has 0 radical (unpaired) electrons. The van der Waals surface area contributed by atoms with Gasteiger partial charge in [-0.05, 0) is 0 Å². The second-order valence-electron chi connectivity index (χ2n) is 4.00. The minimum absolute atomic E-state index is 3.13. The van der Waals surface area contributed by atoms with Gasteiger partial charge in [0, 0.05) is 0 Å². The van der Waals surface area contributed by atoms with Crippen molar-refractivity contribution >= 4 is 0 Å². The Kier molecular flexibility index (Phi) is 4.72. The molecule has 0 amide bonds. The fourth-order valence-corrected chi connectivity index (χ4v) is 0.979. The summed E-state index contributed by atoms with van der Waals surface area (Å²) in [6.07, 6.45) is -14.8. The summed E-state index contributed by atoms with van der Waals surface area (Å²) in [5, 5.41) is 0. The first-order chi connectivity index (χ1) is 9.50. The van der Waals surface area contributed by atoms with Gasteiger partial charge in [0.25, 0.3) is 0 Å². The number of hydrogen-bond donors (Lipinski definition) is 1. The lowest BCUT2D eigenvalue weighted by Gasteiger charge is -2.41. The Bertz CT molecular complexity index is 400. The van der Waals surface area contributed by atoms with E-state index in [1.807, 2.05) is 0 Å². The van der Waals surface area contributed by atoms with Crippen LogP contribution >= 0.6 is 0 Å². The molecule has 16 heteroatoms. The van der Waals surface area contributed by atoms with Crippen molar-refractivity contribution in [3.8, 4) is 0 Å². The largest absolute Gasteiger partial charge is 0.460 e. The van der Waals surface area contributed by atoms with Gasteiger partial charge in [-0.1, -0.05) is 0 Å². The Morgan fingerprint density at radius 2 is 0.609 bits per heavy atom. The second kappa shape index (κ2) is 4.95. The molecule has 2 N–H and O–H groups in total. The number of halogens is 15. The van der Waals surface area contributed by atoms with Gasteiger partial charge in [-0.2, -0.15) is 61.5 Å². The van der Waals surface area contributed by atoms with Crippen LogP contribution in [0.5, 0.6) is 0 Å². The Morgan fingerprint density at radius 3 is 0.826 bits per heavy atom. The summed E-state index contributed by atoms with van der Waals surface area (Å²) in [5.41, 5.74) is 3.13. The van der Waals surface area contributed by atoms with Gasteiger partial charge in [-0.3, -0.25) is 5.73 Å². The molecule has 0 heterocycles. The molecule has 0 aliphatic rings. The van der Waals surface area contributed by atoms with E-state index < -0.39 is 41.8 Å². The maximum absolute atomic E-state index is 12.7. The molecule has 0 saturated carbocycles. The van der Waals surface area contributed by atoms with Gasteiger partial charge in [0.2, 0.25) is 0 Å². The molecule has 0 aromatic heterocycles. The van der Waals surface area contributed by atoms with Crippen LogP contribution in [0.15, 0.2) is 0 Å². The van der Waals surface area contributed by atoms with Crippen LogP contribution in [0.2, 0.25) is 0 Å². The quantitative estimate of drug-likeness (QED) is 0.568. The van der Waals surface area contributed by atoms with Crippen molar-refractivity contribution in [2.24, 2.45) is 5.73 Å². The van der Waals surface area contributed by atoms with E-state index >= 15 is 0 Å². The lowest BCUT2D eigenvalue weighted by molar-refractivity contribution is -0.445. The minimum Gasteiger partial charge on any atom is -0.286 e. The molecule has 0 aliphatic carbocycles. The zero-order valence-corrected chi connectivity index (χ0v) is 9.75. The lowest BCUT2D eigenvalue weighted by atomic mass is 9.92. The third-order valence-electron chi connectivity index (χ3n) is 2.41. The molecule has 0 spiro atoms. The zero-order chi connectivity index (χ0) is 19.5. The van der Waals surface area contributed by atoms with Gasteiger partial charge >= 0.3 is 41.8 Å². The highest BCUT2D eigenvalue weighted by molar-refractivity contribution is 5.12. The fraction of sp³-hybridized carbons (Fsp3) is 1.00. The van der Waals surface area contributed by atoms with Crippen LogP contribution < -0.4 is 5.73 Å². The monoisotopic (exact) mass is 385 g/mol. The van der Waals surface area contributed by atoms with Crippen molar-refractivity contribution in [3.63, 3.8) is 0 Å². The molecule has 0 aliphatic heterocycles. The SMILES string of the molecule is NC(F)(C(F)(F)F)C(F)(F)C(F)(F)C(F)(F)C(F)(F)C(F)(F)F. The second-order valence-corrected chi connectivity index (χ2v) is 4.00. The van der Waals surface area contributed by atoms with E-state index in [4.69, 9.17) is 0 Å². The number of rotatable bonds is 4. The molecule has 23 heavy (non-hydrogen) atoms. The van der Waals surface area contributed by atoms with Crippen molar-refractivity contribution < 1.29 is 65.9 Å². The topological polar surface area (TPSA) is 26.0 Å².